The van der Waals surface area contributed by atoms with Crippen molar-refractivity contribution in [1.29, 1.82) is 0 Å². The number of nitrogens with zero attached hydrogens (tertiary/aromatic N) is 1. The Morgan fingerprint density at radius 2 is 1.72 bits per heavy atom. The van der Waals surface area contributed by atoms with Gasteiger partial charge in [-0.25, -0.2) is 8.42 Å². The van der Waals surface area contributed by atoms with E-state index in [9.17, 15) is 13.2 Å². The summed E-state index contributed by atoms with van der Waals surface area (Å²) in [6, 6.07) is 7.70. The van der Waals surface area contributed by atoms with Crippen LogP contribution in [0.5, 0.6) is 0 Å². The second-order valence-corrected chi connectivity index (χ2v) is 10.3. The number of hydrogen-bond donors (Lipinski definition) is 2. The van der Waals surface area contributed by atoms with Crippen molar-refractivity contribution in [3.05, 3.63) is 46.8 Å². The lowest BCUT2D eigenvalue weighted by Crippen LogP contribution is -2.38. The Kier molecular flexibility index (Phi) is 6.19. The lowest BCUT2D eigenvalue weighted by atomic mass is 10.0. The molecule has 7 heteroatoms. The summed E-state index contributed by atoms with van der Waals surface area (Å²) >= 11 is 0. The highest BCUT2D eigenvalue weighted by molar-refractivity contribution is 7.89. The maximum absolute atomic E-state index is 13.2. The molecule has 2 aromatic rings. The number of rotatable bonds is 5. The van der Waals surface area contributed by atoms with E-state index in [1.807, 2.05) is 24.3 Å². The number of amides is 1. The maximum atomic E-state index is 13.2. The van der Waals surface area contributed by atoms with Gasteiger partial charge < -0.3 is 10.3 Å². The molecule has 2 N–H and O–H groups in total. The molecule has 0 radical (unpaired) electrons. The van der Waals surface area contributed by atoms with Crippen molar-refractivity contribution in [2.24, 2.45) is 5.92 Å². The molecule has 0 saturated carbocycles. The first kappa shape index (κ1) is 21.6. The summed E-state index contributed by atoms with van der Waals surface area (Å²) in [5.74, 6) is 0.619. The Bertz CT molecular complexity index is 983. The van der Waals surface area contributed by atoms with Gasteiger partial charge in [0.05, 0.1) is 0 Å². The molecule has 1 aliphatic heterocycles. The third-order valence-corrected chi connectivity index (χ3v) is 7.94. The molecule has 2 heterocycles. The monoisotopic (exact) mass is 417 g/mol. The SMILES string of the molecule is Cc1[nH]c(C(=O)Nc2ccc(C(C)C)cc2)c(C)c1S(=O)(=O)N1CCC(C)CC1. The Morgan fingerprint density at radius 1 is 1.14 bits per heavy atom. The molecule has 0 bridgehead atoms. The Hall–Kier alpha value is -2.12. The fraction of sp³-hybridized carbons (Fsp3) is 0.500. The number of hydrogen-bond acceptors (Lipinski definition) is 3. The minimum Gasteiger partial charge on any atom is -0.353 e. The van der Waals surface area contributed by atoms with Crippen LogP contribution in [0, 0.1) is 19.8 Å². The molecule has 0 spiro atoms. The quantitative estimate of drug-likeness (QED) is 0.755. The molecule has 1 aliphatic rings. The number of aromatic nitrogens is 1. The zero-order chi connectivity index (χ0) is 21.3. The molecule has 0 atom stereocenters. The van der Waals surface area contributed by atoms with Crippen LogP contribution in [0.25, 0.3) is 0 Å². The van der Waals surface area contributed by atoms with Gasteiger partial charge in [-0.15, -0.1) is 0 Å². The summed E-state index contributed by atoms with van der Waals surface area (Å²) < 4.78 is 28.0. The van der Waals surface area contributed by atoms with Crippen LogP contribution < -0.4 is 5.32 Å². The average Bonchev–Trinajstić information content (AvgIpc) is 2.97. The van der Waals surface area contributed by atoms with Gasteiger partial charge in [-0.3, -0.25) is 4.79 Å². The summed E-state index contributed by atoms with van der Waals surface area (Å²) in [7, 11) is -3.63. The Morgan fingerprint density at radius 3 is 2.28 bits per heavy atom. The van der Waals surface area contributed by atoms with E-state index in [2.05, 4.69) is 31.1 Å². The van der Waals surface area contributed by atoms with Crippen molar-refractivity contribution in [2.45, 2.75) is 58.3 Å². The highest BCUT2D eigenvalue weighted by Crippen LogP contribution is 2.30. The molecule has 158 valence electrons. The van der Waals surface area contributed by atoms with E-state index in [1.165, 1.54) is 5.56 Å². The van der Waals surface area contributed by atoms with E-state index in [0.29, 0.717) is 47.6 Å². The summed E-state index contributed by atoms with van der Waals surface area (Å²) in [6.45, 7) is 10.8. The summed E-state index contributed by atoms with van der Waals surface area (Å²) in [6.07, 6.45) is 1.73. The number of piperidine rings is 1. The highest BCUT2D eigenvalue weighted by Gasteiger charge is 2.33. The number of aryl methyl sites for hydroxylation is 1. The Labute approximate surface area is 173 Å². The average molecular weight is 418 g/mol. The smallest absolute Gasteiger partial charge is 0.272 e. The molecule has 0 unspecified atom stereocenters. The molecule has 1 amide bonds. The third-order valence-electron chi connectivity index (χ3n) is 5.77. The fourth-order valence-electron chi connectivity index (χ4n) is 3.85. The predicted molar refractivity (Wildman–Crippen MR) is 116 cm³/mol. The lowest BCUT2D eigenvalue weighted by Gasteiger charge is -2.29. The number of aromatic amines is 1. The van der Waals surface area contributed by atoms with Crippen LogP contribution in [0.2, 0.25) is 0 Å². The first-order valence-electron chi connectivity index (χ1n) is 10.2. The molecule has 1 fully saturated rings. The molecular formula is C22H31N3O3S. The van der Waals surface area contributed by atoms with E-state index in [-0.39, 0.29) is 10.8 Å². The topological polar surface area (TPSA) is 82.3 Å². The predicted octanol–water partition coefficient (Wildman–Crippen LogP) is 4.43. The van der Waals surface area contributed by atoms with Crippen LogP contribution >= 0.6 is 0 Å². The van der Waals surface area contributed by atoms with E-state index < -0.39 is 10.0 Å². The van der Waals surface area contributed by atoms with Crippen molar-refractivity contribution in [1.82, 2.24) is 9.29 Å². The van der Waals surface area contributed by atoms with Crippen molar-refractivity contribution in [3.63, 3.8) is 0 Å². The number of anilines is 1. The van der Waals surface area contributed by atoms with E-state index >= 15 is 0 Å². The third kappa shape index (κ3) is 4.41. The lowest BCUT2D eigenvalue weighted by molar-refractivity contribution is 0.102. The first-order chi connectivity index (χ1) is 13.6. The van der Waals surface area contributed by atoms with Crippen molar-refractivity contribution in [2.75, 3.05) is 18.4 Å². The van der Waals surface area contributed by atoms with Gasteiger partial charge in [-0.05, 0) is 61.8 Å². The van der Waals surface area contributed by atoms with Gasteiger partial charge in [-0.2, -0.15) is 4.31 Å². The number of carbonyl (C=O) groups is 1. The molecule has 29 heavy (non-hydrogen) atoms. The molecule has 6 nitrogen and oxygen atoms in total. The van der Waals surface area contributed by atoms with Crippen LogP contribution in [-0.2, 0) is 10.0 Å². The molecular weight excluding hydrogens is 386 g/mol. The zero-order valence-electron chi connectivity index (χ0n) is 17.9. The van der Waals surface area contributed by atoms with Crippen LogP contribution in [-0.4, -0.2) is 36.7 Å². The number of nitrogens with one attached hydrogen (secondary N) is 2. The second-order valence-electron chi connectivity index (χ2n) is 8.40. The first-order valence-corrected chi connectivity index (χ1v) is 11.7. The normalized spacial score (nSPS) is 16.3. The van der Waals surface area contributed by atoms with Crippen LogP contribution in [0.4, 0.5) is 5.69 Å². The van der Waals surface area contributed by atoms with Crippen molar-refractivity contribution >= 4 is 21.6 Å². The molecule has 1 aromatic carbocycles. The Balaban J connectivity index is 1.84. The van der Waals surface area contributed by atoms with Gasteiger partial charge in [0.1, 0.15) is 10.6 Å². The minimum absolute atomic E-state index is 0.229. The van der Waals surface area contributed by atoms with E-state index in [1.54, 1.807) is 18.2 Å². The number of carbonyl (C=O) groups excluding carboxylic acids is 1. The highest BCUT2D eigenvalue weighted by atomic mass is 32.2. The molecule has 0 aliphatic carbocycles. The molecule has 3 rings (SSSR count). The van der Waals surface area contributed by atoms with Crippen LogP contribution in [0.1, 0.15) is 66.8 Å². The van der Waals surface area contributed by atoms with Gasteiger partial charge in [-0.1, -0.05) is 32.9 Å². The van der Waals surface area contributed by atoms with E-state index in [0.717, 1.165) is 12.8 Å². The van der Waals surface area contributed by atoms with Gasteiger partial charge >= 0.3 is 0 Å². The number of benzene rings is 1. The summed E-state index contributed by atoms with van der Waals surface area (Å²) in [5.41, 5.74) is 3.14. The van der Waals surface area contributed by atoms with Gasteiger partial charge in [0.25, 0.3) is 5.91 Å². The zero-order valence-corrected chi connectivity index (χ0v) is 18.7. The largest absolute Gasteiger partial charge is 0.353 e. The molecule has 1 saturated heterocycles. The second kappa shape index (κ2) is 8.32. The standard InChI is InChI=1S/C22H31N3O3S/c1-14(2)18-6-8-19(9-7-18)24-22(26)20-16(4)21(17(5)23-20)29(27,28)25-12-10-15(3)11-13-25/h6-9,14-15,23H,10-13H2,1-5H3,(H,24,26). The van der Waals surface area contributed by atoms with Crippen molar-refractivity contribution in [3.8, 4) is 0 Å². The van der Waals surface area contributed by atoms with Crippen LogP contribution in [0.15, 0.2) is 29.2 Å². The van der Waals surface area contributed by atoms with E-state index in [4.69, 9.17) is 0 Å². The van der Waals surface area contributed by atoms with Gasteiger partial charge in [0.15, 0.2) is 0 Å². The minimum atomic E-state index is -3.63. The van der Waals surface area contributed by atoms with Gasteiger partial charge in [0.2, 0.25) is 10.0 Å². The van der Waals surface area contributed by atoms with Gasteiger partial charge in [0, 0.05) is 24.5 Å². The fourth-order valence-corrected chi connectivity index (χ4v) is 5.72. The van der Waals surface area contributed by atoms with Crippen molar-refractivity contribution < 1.29 is 13.2 Å². The molecule has 1 aromatic heterocycles. The summed E-state index contributed by atoms with van der Waals surface area (Å²) in [4.78, 5) is 16.0. The maximum Gasteiger partial charge on any atom is 0.272 e. The van der Waals surface area contributed by atoms with Crippen LogP contribution in [0.3, 0.4) is 0 Å². The summed E-state index contributed by atoms with van der Waals surface area (Å²) in [5, 5.41) is 2.86. The number of sulfonamides is 1. The number of H-pyrrole nitrogens is 1.